The molecule has 0 spiro atoms. The third-order valence-corrected chi connectivity index (χ3v) is 3.00. The van der Waals surface area contributed by atoms with Crippen LogP contribution in [0.2, 0.25) is 0 Å². The third-order valence-electron chi connectivity index (χ3n) is 3.00. The van der Waals surface area contributed by atoms with Gasteiger partial charge in [0.05, 0.1) is 0 Å². The molecule has 1 unspecified atom stereocenters. The first-order valence-corrected chi connectivity index (χ1v) is 6.49. The minimum Gasteiger partial charge on any atom is -0.466 e. The van der Waals surface area contributed by atoms with Crippen molar-refractivity contribution in [2.24, 2.45) is 0 Å². The zero-order valence-corrected chi connectivity index (χ0v) is 11.1. The van der Waals surface area contributed by atoms with Crippen LogP contribution in [0.1, 0.15) is 62.7 Å². The number of hydrogen-bond donors (Lipinski definition) is 1. The summed E-state index contributed by atoms with van der Waals surface area (Å²) in [5.41, 5.74) is 1.34. The summed E-state index contributed by atoms with van der Waals surface area (Å²) in [5.74, 6) is 2.09. The number of furan rings is 1. The maximum atomic E-state index is 5.61. The van der Waals surface area contributed by atoms with Gasteiger partial charge in [-0.05, 0) is 32.9 Å². The van der Waals surface area contributed by atoms with E-state index in [0.717, 1.165) is 18.1 Å². The smallest absolute Gasteiger partial charge is 0.105 e. The van der Waals surface area contributed by atoms with Crippen LogP contribution in [0, 0.1) is 13.8 Å². The number of aryl methyl sites for hydroxylation is 2. The molecule has 2 heteroatoms. The van der Waals surface area contributed by atoms with E-state index in [1.54, 1.807) is 0 Å². The number of rotatable bonds is 7. The number of unbranched alkanes of at least 4 members (excludes halogenated alkanes) is 2. The molecule has 0 aliphatic rings. The van der Waals surface area contributed by atoms with Crippen molar-refractivity contribution >= 4 is 0 Å². The summed E-state index contributed by atoms with van der Waals surface area (Å²) in [7, 11) is 0. The molecule has 0 saturated heterocycles. The van der Waals surface area contributed by atoms with Crippen molar-refractivity contribution in [2.75, 3.05) is 6.54 Å². The second-order valence-electron chi connectivity index (χ2n) is 4.47. The molecule has 1 rings (SSSR count). The normalized spacial score (nSPS) is 13.0. The lowest BCUT2D eigenvalue weighted by molar-refractivity contribution is 0.462. The van der Waals surface area contributed by atoms with E-state index in [2.05, 4.69) is 32.2 Å². The van der Waals surface area contributed by atoms with E-state index in [4.69, 9.17) is 4.42 Å². The molecule has 1 aromatic heterocycles. The van der Waals surface area contributed by atoms with Gasteiger partial charge in [-0.15, -0.1) is 0 Å². The average Bonchev–Trinajstić information content (AvgIpc) is 2.57. The molecular formula is C14H25NO. The lowest BCUT2D eigenvalue weighted by atomic mass is 10.0. The summed E-state index contributed by atoms with van der Waals surface area (Å²) in [4.78, 5) is 0. The van der Waals surface area contributed by atoms with Crippen LogP contribution in [0.15, 0.2) is 10.5 Å². The van der Waals surface area contributed by atoms with Crippen molar-refractivity contribution in [1.82, 2.24) is 5.32 Å². The zero-order chi connectivity index (χ0) is 12.0. The van der Waals surface area contributed by atoms with Crippen LogP contribution in [0.4, 0.5) is 0 Å². The average molecular weight is 223 g/mol. The van der Waals surface area contributed by atoms with Crippen molar-refractivity contribution in [1.29, 1.82) is 0 Å². The first kappa shape index (κ1) is 13.3. The molecule has 0 fully saturated rings. The van der Waals surface area contributed by atoms with E-state index in [9.17, 15) is 0 Å². The fourth-order valence-corrected chi connectivity index (χ4v) is 2.21. The van der Waals surface area contributed by atoms with Gasteiger partial charge in [0, 0.05) is 11.6 Å². The predicted octanol–water partition coefficient (Wildman–Crippen LogP) is 4.13. The Morgan fingerprint density at radius 3 is 2.50 bits per heavy atom. The highest BCUT2D eigenvalue weighted by Crippen LogP contribution is 2.25. The van der Waals surface area contributed by atoms with Crippen molar-refractivity contribution in [2.45, 2.75) is 59.4 Å². The highest BCUT2D eigenvalue weighted by Gasteiger charge is 2.15. The predicted molar refractivity (Wildman–Crippen MR) is 68.7 cm³/mol. The second-order valence-corrected chi connectivity index (χ2v) is 4.47. The standard InChI is InChI=1S/C14H25NO/c1-5-7-8-9-14(15-6-2)13-10-11(3)16-12(13)4/h10,14-15H,5-9H2,1-4H3. The van der Waals surface area contributed by atoms with Gasteiger partial charge in [-0.1, -0.05) is 33.1 Å². The Kier molecular flexibility index (Phi) is 5.61. The first-order valence-electron chi connectivity index (χ1n) is 6.49. The van der Waals surface area contributed by atoms with Gasteiger partial charge >= 0.3 is 0 Å². The van der Waals surface area contributed by atoms with Crippen LogP contribution in [0.3, 0.4) is 0 Å². The fourth-order valence-electron chi connectivity index (χ4n) is 2.21. The van der Waals surface area contributed by atoms with Crippen LogP contribution in [0.5, 0.6) is 0 Å². The van der Waals surface area contributed by atoms with E-state index < -0.39 is 0 Å². The lowest BCUT2D eigenvalue weighted by Gasteiger charge is -2.17. The molecule has 0 amide bonds. The second kappa shape index (κ2) is 6.74. The highest BCUT2D eigenvalue weighted by atomic mass is 16.3. The topological polar surface area (TPSA) is 25.2 Å². The summed E-state index contributed by atoms with van der Waals surface area (Å²) in [5, 5.41) is 3.55. The van der Waals surface area contributed by atoms with Gasteiger partial charge in [0.2, 0.25) is 0 Å². The maximum Gasteiger partial charge on any atom is 0.105 e. The van der Waals surface area contributed by atoms with Gasteiger partial charge in [-0.2, -0.15) is 0 Å². The molecule has 1 N–H and O–H groups in total. The molecule has 0 aliphatic carbocycles. The molecule has 1 heterocycles. The van der Waals surface area contributed by atoms with Crippen LogP contribution < -0.4 is 5.32 Å². The van der Waals surface area contributed by atoms with E-state index >= 15 is 0 Å². The van der Waals surface area contributed by atoms with E-state index in [1.807, 2.05) is 6.92 Å². The van der Waals surface area contributed by atoms with Gasteiger partial charge in [0.1, 0.15) is 11.5 Å². The quantitative estimate of drug-likeness (QED) is 0.703. The minimum atomic E-state index is 0.467. The number of hydrogen-bond acceptors (Lipinski definition) is 2. The SMILES string of the molecule is CCCCCC(NCC)c1cc(C)oc1C. The Bertz CT molecular complexity index is 304. The Hall–Kier alpha value is -0.760. The maximum absolute atomic E-state index is 5.61. The van der Waals surface area contributed by atoms with Gasteiger partial charge in [0.15, 0.2) is 0 Å². The summed E-state index contributed by atoms with van der Waals surface area (Å²) < 4.78 is 5.61. The lowest BCUT2D eigenvalue weighted by Crippen LogP contribution is -2.21. The van der Waals surface area contributed by atoms with E-state index in [1.165, 1.54) is 31.2 Å². The van der Waals surface area contributed by atoms with Gasteiger partial charge < -0.3 is 9.73 Å². The summed E-state index contributed by atoms with van der Waals surface area (Å²) in [6.07, 6.45) is 5.10. The Labute approximate surface area is 99.4 Å². The van der Waals surface area contributed by atoms with Gasteiger partial charge in [-0.3, -0.25) is 0 Å². The molecule has 1 atom stereocenters. The molecule has 2 nitrogen and oxygen atoms in total. The molecule has 0 saturated carbocycles. The van der Waals surface area contributed by atoms with E-state index in [0.29, 0.717) is 6.04 Å². The zero-order valence-electron chi connectivity index (χ0n) is 11.1. The first-order chi connectivity index (χ1) is 7.69. The van der Waals surface area contributed by atoms with Crippen LogP contribution >= 0.6 is 0 Å². The van der Waals surface area contributed by atoms with Crippen molar-refractivity contribution in [3.05, 3.63) is 23.2 Å². The Morgan fingerprint density at radius 1 is 1.25 bits per heavy atom. The van der Waals surface area contributed by atoms with Crippen LogP contribution in [-0.2, 0) is 0 Å². The summed E-state index contributed by atoms with van der Waals surface area (Å²) in [6.45, 7) is 9.50. The van der Waals surface area contributed by atoms with E-state index in [-0.39, 0.29) is 0 Å². The van der Waals surface area contributed by atoms with Crippen LogP contribution in [0.25, 0.3) is 0 Å². The highest BCUT2D eigenvalue weighted by molar-refractivity contribution is 5.24. The molecular weight excluding hydrogens is 198 g/mol. The van der Waals surface area contributed by atoms with Crippen molar-refractivity contribution < 1.29 is 4.42 Å². The molecule has 92 valence electrons. The summed E-state index contributed by atoms with van der Waals surface area (Å²) in [6, 6.07) is 2.64. The molecule has 1 aromatic rings. The molecule has 0 bridgehead atoms. The largest absolute Gasteiger partial charge is 0.466 e. The Balaban J connectivity index is 2.64. The van der Waals surface area contributed by atoms with Gasteiger partial charge in [0.25, 0.3) is 0 Å². The fraction of sp³-hybridized carbons (Fsp3) is 0.714. The minimum absolute atomic E-state index is 0.467. The monoisotopic (exact) mass is 223 g/mol. The third kappa shape index (κ3) is 3.67. The van der Waals surface area contributed by atoms with Crippen molar-refractivity contribution in [3.63, 3.8) is 0 Å². The van der Waals surface area contributed by atoms with Gasteiger partial charge in [-0.25, -0.2) is 0 Å². The van der Waals surface area contributed by atoms with Crippen LogP contribution in [-0.4, -0.2) is 6.54 Å². The summed E-state index contributed by atoms with van der Waals surface area (Å²) >= 11 is 0. The molecule has 0 aliphatic heterocycles. The molecule has 16 heavy (non-hydrogen) atoms. The van der Waals surface area contributed by atoms with Crippen molar-refractivity contribution in [3.8, 4) is 0 Å². The molecule has 0 radical (unpaired) electrons. The molecule has 0 aromatic carbocycles. The Morgan fingerprint density at radius 2 is 2.00 bits per heavy atom. The number of nitrogens with one attached hydrogen (secondary N) is 1.